The van der Waals surface area contributed by atoms with Crippen LogP contribution in [0.1, 0.15) is 76.9 Å². The lowest BCUT2D eigenvalue weighted by molar-refractivity contribution is 0.0927. The molecule has 1 fully saturated rings. The van der Waals surface area contributed by atoms with Crippen LogP contribution in [0.2, 0.25) is 0 Å². The molecule has 1 saturated carbocycles. The SMILES string of the molecule is O=C(NC1CCCCC1)c1c(N=Cc2cccc(OCc3ccc(F)cc3)c2)sc2c1CCCC2. The number of hydrogen-bond donors (Lipinski definition) is 1. The van der Waals surface area contributed by atoms with Gasteiger partial charge in [0.25, 0.3) is 5.91 Å². The number of rotatable bonds is 7. The van der Waals surface area contributed by atoms with Crippen LogP contribution in [0.15, 0.2) is 53.5 Å². The fourth-order valence-corrected chi connectivity index (χ4v) is 6.18. The van der Waals surface area contributed by atoms with Crippen molar-refractivity contribution in [3.63, 3.8) is 0 Å². The van der Waals surface area contributed by atoms with Gasteiger partial charge in [-0.15, -0.1) is 11.3 Å². The predicted octanol–water partition coefficient (Wildman–Crippen LogP) is 7.16. The Morgan fingerprint density at radius 2 is 1.86 bits per heavy atom. The zero-order valence-electron chi connectivity index (χ0n) is 19.9. The van der Waals surface area contributed by atoms with Gasteiger partial charge in [0.15, 0.2) is 0 Å². The molecule has 3 aromatic rings. The van der Waals surface area contributed by atoms with E-state index in [2.05, 4.69) is 5.32 Å². The standard InChI is InChI=1S/C29H31FN2O2S/c30-22-15-13-20(14-16-22)19-34-24-10-6-7-21(17-24)18-31-29-27(25-11-4-5-12-26(25)35-29)28(33)32-23-8-2-1-3-9-23/h6-7,10,13-18,23H,1-5,8-9,11-12,19H2,(H,32,33). The van der Waals surface area contributed by atoms with Gasteiger partial charge in [0.1, 0.15) is 23.2 Å². The molecule has 1 heterocycles. The number of thiophene rings is 1. The second-order valence-corrected chi connectivity index (χ2v) is 10.5. The van der Waals surface area contributed by atoms with E-state index in [1.54, 1.807) is 23.5 Å². The summed E-state index contributed by atoms with van der Waals surface area (Å²) < 4.78 is 19.0. The average molecular weight is 491 g/mol. The number of amides is 1. The molecule has 4 nitrogen and oxygen atoms in total. The van der Waals surface area contributed by atoms with E-state index in [-0.39, 0.29) is 17.8 Å². The third-order valence-electron chi connectivity index (χ3n) is 6.83. The van der Waals surface area contributed by atoms with Gasteiger partial charge in [-0.05, 0) is 79.5 Å². The van der Waals surface area contributed by atoms with Crippen LogP contribution in [-0.4, -0.2) is 18.2 Å². The monoisotopic (exact) mass is 490 g/mol. The minimum absolute atomic E-state index is 0.0415. The Kier molecular flexibility index (Phi) is 7.57. The molecule has 1 N–H and O–H groups in total. The van der Waals surface area contributed by atoms with Crippen molar-refractivity contribution in [2.24, 2.45) is 4.99 Å². The topological polar surface area (TPSA) is 50.7 Å². The first-order valence-electron chi connectivity index (χ1n) is 12.6. The molecule has 0 radical (unpaired) electrons. The number of fused-ring (bicyclic) bond motifs is 1. The molecule has 0 spiro atoms. The quantitative estimate of drug-likeness (QED) is 0.357. The van der Waals surface area contributed by atoms with E-state index in [9.17, 15) is 9.18 Å². The number of nitrogens with zero attached hydrogens (tertiary/aromatic N) is 1. The van der Waals surface area contributed by atoms with E-state index in [4.69, 9.17) is 9.73 Å². The van der Waals surface area contributed by atoms with Crippen molar-refractivity contribution >= 4 is 28.5 Å². The van der Waals surface area contributed by atoms with Gasteiger partial charge < -0.3 is 10.1 Å². The van der Waals surface area contributed by atoms with Crippen molar-refractivity contribution in [1.82, 2.24) is 5.32 Å². The molecule has 0 unspecified atom stereocenters. The maximum absolute atomic E-state index is 13.4. The second kappa shape index (κ2) is 11.2. The highest BCUT2D eigenvalue weighted by molar-refractivity contribution is 7.16. The zero-order chi connectivity index (χ0) is 24.0. The van der Waals surface area contributed by atoms with Gasteiger partial charge >= 0.3 is 0 Å². The summed E-state index contributed by atoms with van der Waals surface area (Å²) in [6.07, 6.45) is 11.9. The van der Waals surface area contributed by atoms with Gasteiger partial charge in [-0.2, -0.15) is 0 Å². The summed E-state index contributed by atoms with van der Waals surface area (Å²) in [5.41, 5.74) is 3.81. The Bertz CT molecular complexity index is 1200. The number of nitrogens with one attached hydrogen (secondary N) is 1. The van der Waals surface area contributed by atoms with Crippen LogP contribution in [0.3, 0.4) is 0 Å². The fourth-order valence-electron chi connectivity index (χ4n) is 4.95. The smallest absolute Gasteiger partial charge is 0.254 e. The molecule has 2 aromatic carbocycles. The van der Waals surface area contributed by atoms with Gasteiger partial charge in [-0.3, -0.25) is 4.79 Å². The number of benzene rings is 2. The maximum Gasteiger partial charge on any atom is 0.254 e. The summed E-state index contributed by atoms with van der Waals surface area (Å²) in [4.78, 5) is 19.5. The molecule has 1 amide bonds. The summed E-state index contributed by atoms with van der Waals surface area (Å²) in [6.45, 7) is 0.365. The molecule has 35 heavy (non-hydrogen) atoms. The van der Waals surface area contributed by atoms with Gasteiger partial charge in [-0.25, -0.2) is 9.38 Å². The lowest BCUT2D eigenvalue weighted by Crippen LogP contribution is -2.36. The van der Waals surface area contributed by atoms with E-state index in [1.807, 2.05) is 30.5 Å². The molecule has 0 atom stereocenters. The fraction of sp³-hybridized carbons (Fsp3) is 0.379. The largest absolute Gasteiger partial charge is 0.489 e. The Labute approximate surface area is 210 Å². The number of hydrogen-bond acceptors (Lipinski definition) is 4. The Morgan fingerprint density at radius 1 is 1.06 bits per heavy atom. The number of carbonyl (C=O) groups is 1. The predicted molar refractivity (Wildman–Crippen MR) is 140 cm³/mol. The van der Waals surface area contributed by atoms with Crippen LogP contribution in [0, 0.1) is 5.82 Å². The summed E-state index contributed by atoms with van der Waals surface area (Å²) in [5.74, 6) is 0.507. The Hall–Kier alpha value is -2.99. The number of halogens is 1. The molecular weight excluding hydrogens is 459 g/mol. The highest BCUT2D eigenvalue weighted by Gasteiger charge is 2.27. The van der Waals surface area contributed by atoms with Crippen LogP contribution in [0.4, 0.5) is 9.39 Å². The average Bonchev–Trinajstić information content (AvgIpc) is 3.27. The van der Waals surface area contributed by atoms with Gasteiger partial charge in [0.05, 0.1) is 5.56 Å². The van der Waals surface area contributed by atoms with Gasteiger partial charge in [0.2, 0.25) is 0 Å². The molecule has 1 aromatic heterocycles. The normalized spacial score (nSPS) is 16.3. The van der Waals surface area contributed by atoms with Gasteiger partial charge in [0, 0.05) is 17.1 Å². The highest BCUT2D eigenvalue weighted by atomic mass is 32.1. The Balaban J connectivity index is 1.32. The van der Waals surface area contributed by atoms with Crippen molar-refractivity contribution < 1.29 is 13.9 Å². The van der Waals surface area contributed by atoms with E-state index >= 15 is 0 Å². The molecule has 6 heteroatoms. The number of carbonyl (C=O) groups excluding carboxylic acids is 1. The van der Waals surface area contributed by atoms with E-state index in [1.165, 1.54) is 48.3 Å². The third kappa shape index (κ3) is 5.99. The first-order chi connectivity index (χ1) is 17.2. The molecule has 0 bridgehead atoms. The minimum atomic E-state index is -0.256. The van der Waals surface area contributed by atoms with E-state index < -0.39 is 0 Å². The van der Waals surface area contributed by atoms with Crippen molar-refractivity contribution in [3.05, 3.63) is 81.5 Å². The maximum atomic E-state index is 13.4. The van der Waals surface area contributed by atoms with Crippen molar-refractivity contribution in [2.45, 2.75) is 70.4 Å². The number of aliphatic imine (C=N–C) groups is 1. The molecule has 182 valence electrons. The van der Waals surface area contributed by atoms with Crippen LogP contribution in [-0.2, 0) is 19.4 Å². The highest BCUT2D eigenvalue weighted by Crippen LogP contribution is 2.40. The first kappa shape index (κ1) is 23.7. The number of aryl methyl sites for hydroxylation is 1. The summed E-state index contributed by atoms with van der Waals surface area (Å²) in [5, 5.41) is 4.11. The summed E-state index contributed by atoms with van der Waals surface area (Å²) in [6, 6.07) is 14.3. The van der Waals surface area contributed by atoms with E-state index in [0.717, 1.165) is 59.5 Å². The van der Waals surface area contributed by atoms with E-state index in [0.29, 0.717) is 6.61 Å². The van der Waals surface area contributed by atoms with Crippen LogP contribution < -0.4 is 10.1 Å². The lowest BCUT2D eigenvalue weighted by Gasteiger charge is -2.23. The first-order valence-corrected chi connectivity index (χ1v) is 13.4. The Morgan fingerprint density at radius 3 is 2.69 bits per heavy atom. The minimum Gasteiger partial charge on any atom is -0.489 e. The summed E-state index contributed by atoms with van der Waals surface area (Å²) in [7, 11) is 0. The van der Waals surface area contributed by atoms with Crippen LogP contribution in [0.5, 0.6) is 5.75 Å². The molecule has 2 aliphatic rings. The third-order valence-corrected chi connectivity index (χ3v) is 8.03. The van der Waals surface area contributed by atoms with Gasteiger partial charge in [-0.1, -0.05) is 43.5 Å². The molecule has 0 aliphatic heterocycles. The zero-order valence-corrected chi connectivity index (χ0v) is 20.7. The molecule has 5 rings (SSSR count). The second-order valence-electron chi connectivity index (χ2n) is 9.45. The van der Waals surface area contributed by atoms with Crippen LogP contribution in [0.25, 0.3) is 0 Å². The molecule has 0 saturated heterocycles. The lowest BCUT2D eigenvalue weighted by atomic mass is 9.93. The molecular formula is C29H31FN2O2S. The number of ether oxygens (including phenoxy) is 1. The summed E-state index contributed by atoms with van der Waals surface area (Å²) >= 11 is 1.66. The van der Waals surface area contributed by atoms with Crippen LogP contribution >= 0.6 is 11.3 Å². The molecule has 2 aliphatic carbocycles. The van der Waals surface area contributed by atoms with Crippen molar-refractivity contribution in [3.8, 4) is 5.75 Å². The van der Waals surface area contributed by atoms with Crippen molar-refractivity contribution in [1.29, 1.82) is 0 Å². The van der Waals surface area contributed by atoms with Crippen molar-refractivity contribution in [2.75, 3.05) is 0 Å².